The third kappa shape index (κ3) is 3.79. The van der Waals surface area contributed by atoms with Gasteiger partial charge in [-0.2, -0.15) is 5.10 Å². The lowest BCUT2D eigenvalue weighted by atomic mass is 10.1. The maximum Gasteiger partial charge on any atom is 0.267 e. The Morgan fingerprint density at radius 1 is 1.28 bits per heavy atom. The molecule has 1 saturated heterocycles. The average molecular weight is 361 g/mol. The number of nitrogens with zero attached hydrogens (tertiary/aromatic N) is 2. The van der Waals surface area contributed by atoms with Crippen molar-refractivity contribution in [1.29, 1.82) is 0 Å². The Bertz CT molecular complexity index is 866. The predicted molar refractivity (Wildman–Crippen MR) is 92.6 cm³/mol. The third-order valence-corrected chi connectivity index (χ3v) is 4.97. The fraction of sp³-hybridized carbons (Fsp3) is 0.294. The molecule has 0 saturated carbocycles. The van der Waals surface area contributed by atoms with Gasteiger partial charge in [0.15, 0.2) is 0 Å². The first-order valence-corrected chi connectivity index (χ1v) is 8.77. The molecule has 1 amide bonds. The number of benzene rings is 1. The van der Waals surface area contributed by atoms with Gasteiger partial charge < -0.3 is 5.32 Å². The highest BCUT2D eigenvalue weighted by atomic mass is 32.2. The van der Waals surface area contributed by atoms with E-state index in [2.05, 4.69) is 10.4 Å². The van der Waals surface area contributed by atoms with Crippen molar-refractivity contribution >= 4 is 22.8 Å². The van der Waals surface area contributed by atoms with Crippen LogP contribution in [0.4, 0.5) is 4.39 Å². The third-order valence-electron chi connectivity index (χ3n) is 3.96. The maximum absolute atomic E-state index is 13.0. The second-order valence-corrected chi connectivity index (χ2v) is 6.80. The molecule has 0 bridgehead atoms. The molecular formula is C17H16FN3O3S. The van der Waals surface area contributed by atoms with E-state index in [9.17, 15) is 18.8 Å². The average Bonchev–Trinajstić information content (AvgIpc) is 3.00. The van der Waals surface area contributed by atoms with E-state index >= 15 is 0 Å². The molecule has 2 unspecified atom stereocenters. The first-order valence-electron chi connectivity index (χ1n) is 7.78. The highest BCUT2D eigenvalue weighted by molar-refractivity contribution is 8.14. The molecule has 1 aliphatic heterocycles. The smallest absolute Gasteiger partial charge is 0.267 e. The normalized spacial score (nSPS) is 18.2. The summed E-state index contributed by atoms with van der Waals surface area (Å²) in [6, 6.07) is 7.14. The van der Waals surface area contributed by atoms with Gasteiger partial charge in [0.25, 0.3) is 5.56 Å². The van der Waals surface area contributed by atoms with Gasteiger partial charge in [0.1, 0.15) is 11.9 Å². The molecule has 0 aliphatic carbocycles. The van der Waals surface area contributed by atoms with Crippen LogP contribution < -0.4 is 10.9 Å². The standard InChI is InChI=1S/C17H16FN3O3S/c1-10(16(23)19-14-8-9-25-17(14)24)21-15(22)7-6-13(20-21)11-2-4-12(18)5-3-11/h2-7,10,14H,8-9H2,1H3,(H,19,23). The van der Waals surface area contributed by atoms with Crippen LogP contribution in [0.5, 0.6) is 0 Å². The highest BCUT2D eigenvalue weighted by Gasteiger charge is 2.29. The van der Waals surface area contributed by atoms with E-state index in [4.69, 9.17) is 0 Å². The van der Waals surface area contributed by atoms with Gasteiger partial charge in [0.05, 0.1) is 11.7 Å². The van der Waals surface area contributed by atoms with Gasteiger partial charge in [-0.15, -0.1) is 0 Å². The van der Waals surface area contributed by atoms with Crippen molar-refractivity contribution in [3.05, 3.63) is 52.6 Å². The first-order chi connectivity index (χ1) is 12.0. The summed E-state index contributed by atoms with van der Waals surface area (Å²) >= 11 is 1.19. The van der Waals surface area contributed by atoms with Gasteiger partial charge >= 0.3 is 0 Å². The van der Waals surface area contributed by atoms with E-state index in [1.165, 1.54) is 36.0 Å². The monoisotopic (exact) mass is 361 g/mol. The first kappa shape index (κ1) is 17.3. The highest BCUT2D eigenvalue weighted by Crippen LogP contribution is 2.20. The van der Waals surface area contributed by atoms with E-state index in [0.717, 1.165) is 4.68 Å². The molecule has 2 aromatic rings. The van der Waals surface area contributed by atoms with Crippen molar-refractivity contribution in [2.75, 3.05) is 5.75 Å². The number of rotatable bonds is 4. The minimum Gasteiger partial charge on any atom is -0.343 e. The van der Waals surface area contributed by atoms with Gasteiger partial charge in [0, 0.05) is 17.4 Å². The number of hydrogen-bond acceptors (Lipinski definition) is 5. The molecule has 130 valence electrons. The zero-order chi connectivity index (χ0) is 18.0. The Kier molecular flexibility index (Phi) is 4.98. The molecule has 1 fully saturated rings. The number of carbonyl (C=O) groups is 2. The molecule has 1 N–H and O–H groups in total. The molecule has 2 atom stereocenters. The van der Waals surface area contributed by atoms with Crippen molar-refractivity contribution in [3.63, 3.8) is 0 Å². The van der Waals surface area contributed by atoms with Crippen LogP contribution in [-0.4, -0.2) is 32.6 Å². The van der Waals surface area contributed by atoms with Gasteiger partial charge in [-0.25, -0.2) is 9.07 Å². The Morgan fingerprint density at radius 2 is 2.00 bits per heavy atom. The number of thioether (sulfide) groups is 1. The van der Waals surface area contributed by atoms with Crippen LogP contribution in [-0.2, 0) is 9.59 Å². The fourth-order valence-corrected chi connectivity index (χ4v) is 3.44. The summed E-state index contributed by atoms with van der Waals surface area (Å²) in [7, 11) is 0. The van der Waals surface area contributed by atoms with Crippen LogP contribution in [0.2, 0.25) is 0 Å². The summed E-state index contributed by atoms with van der Waals surface area (Å²) in [5.74, 6) is -0.133. The van der Waals surface area contributed by atoms with Crippen LogP contribution in [0.25, 0.3) is 11.3 Å². The van der Waals surface area contributed by atoms with E-state index in [-0.39, 0.29) is 10.9 Å². The van der Waals surface area contributed by atoms with Gasteiger partial charge in [-0.3, -0.25) is 14.4 Å². The molecule has 1 aromatic carbocycles. The molecule has 1 aromatic heterocycles. The van der Waals surface area contributed by atoms with Crippen LogP contribution in [0.3, 0.4) is 0 Å². The summed E-state index contributed by atoms with van der Waals surface area (Å²) in [6.45, 7) is 1.55. The number of nitrogens with one attached hydrogen (secondary N) is 1. The number of hydrogen-bond donors (Lipinski definition) is 1. The molecule has 3 rings (SSSR count). The minimum absolute atomic E-state index is 0.0686. The quantitative estimate of drug-likeness (QED) is 0.897. The molecule has 0 spiro atoms. The van der Waals surface area contributed by atoms with Crippen molar-refractivity contribution in [3.8, 4) is 11.3 Å². The molecule has 1 aliphatic rings. The lowest BCUT2D eigenvalue weighted by Crippen LogP contribution is -2.43. The SMILES string of the molecule is CC(C(=O)NC1CCSC1=O)n1nc(-c2ccc(F)cc2)ccc1=O. The van der Waals surface area contributed by atoms with Crippen molar-refractivity contribution in [1.82, 2.24) is 15.1 Å². The number of carbonyl (C=O) groups excluding carboxylic acids is 2. The van der Waals surface area contributed by atoms with E-state index < -0.39 is 23.6 Å². The Labute approximate surface area is 147 Å². The molecule has 6 nitrogen and oxygen atoms in total. The second-order valence-electron chi connectivity index (χ2n) is 5.70. The number of halogens is 1. The fourth-order valence-electron chi connectivity index (χ4n) is 2.51. The van der Waals surface area contributed by atoms with E-state index in [0.29, 0.717) is 23.4 Å². The lowest BCUT2D eigenvalue weighted by Gasteiger charge is -2.17. The Morgan fingerprint density at radius 3 is 2.64 bits per heavy atom. The van der Waals surface area contributed by atoms with Crippen LogP contribution in [0.1, 0.15) is 19.4 Å². The van der Waals surface area contributed by atoms with Crippen LogP contribution in [0, 0.1) is 5.82 Å². The summed E-state index contributed by atoms with van der Waals surface area (Å²) in [6.07, 6.45) is 0.583. The summed E-state index contributed by atoms with van der Waals surface area (Å²) < 4.78 is 14.1. The minimum atomic E-state index is -0.869. The van der Waals surface area contributed by atoms with Gasteiger partial charge in [0.2, 0.25) is 11.0 Å². The maximum atomic E-state index is 13.0. The molecule has 8 heteroatoms. The molecular weight excluding hydrogens is 345 g/mol. The van der Waals surface area contributed by atoms with Crippen LogP contribution >= 0.6 is 11.8 Å². The molecule has 0 radical (unpaired) electrons. The largest absolute Gasteiger partial charge is 0.343 e. The topological polar surface area (TPSA) is 81.1 Å². The zero-order valence-corrected chi connectivity index (χ0v) is 14.3. The predicted octanol–water partition coefficient (Wildman–Crippen LogP) is 1.76. The lowest BCUT2D eigenvalue weighted by molar-refractivity contribution is -0.127. The summed E-state index contributed by atoms with van der Waals surface area (Å²) in [4.78, 5) is 36.1. The number of aromatic nitrogens is 2. The van der Waals surface area contributed by atoms with Crippen molar-refractivity contribution < 1.29 is 14.0 Å². The van der Waals surface area contributed by atoms with Crippen molar-refractivity contribution in [2.24, 2.45) is 0 Å². The van der Waals surface area contributed by atoms with E-state index in [1.807, 2.05) is 0 Å². The van der Waals surface area contributed by atoms with E-state index in [1.54, 1.807) is 19.1 Å². The Balaban J connectivity index is 1.84. The number of amides is 1. The summed E-state index contributed by atoms with van der Waals surface area (Å²) in [5, 5.41) is 6.81. The van der Waals surface area contributed by atoms with Crippen molar-refractivity contribution in [2.45, 2.75) is 25.4 Å². The molecule has 2 heterocycles. The van der Waals surface area contributed by atoms with Gasteiger partial charge in [-0.05, 0) is 43.7 Å². The van der Waals surface area contributed by atoms with Crippen LogP contribution in [0.15, 0.2) is 41.2 Å². The molecule has 25 heavy (non-hydrogen) atoms. The Hall–Kier alpha value is -2.48. The van der Waals surface area contributed by atoms with Gasteiger partial charge in [-0.1, -0.05) is 11.8 Å². The second kappa shape index (κ2) is 7.18. The zero-order valence-electron chi connectivity index (χ0n) is 13.4. The summed E-state index contributed by atoms with van der Waals surface area (Å²) in [5.41, 5.74) is 0.650.